The summed E-state index contributed by atoms with van der Waals surface area (Å²) in [6.45, 7) is 4.10. The average molecular weight is 425 g/mol. The number of nitrogens with zero attached hydrogens (tertiary/aromatic N) is 5. The SMILES string of the molecule is CCn1c(=O)n(CCC(=O)N2CCC(NC(=O)c3cnn(C)c3)CC2)c2ccccc21. The van der Waals surface area contributed by atoms with Gasteiger partial charge in [0.2, 0.25) is 5.91 Å². The van der Waals surface area contributed by atoms with Crippen molar-refractivity contribution < 1.29 is 9.59 Å². The molecule has 1 aliphatic heterocycles. The number of nitrogens with one attached hydrogen (secondary N) is 1. The molecule has 9 nitrogen and oxygen atoms in total. The second-order valence-electron chi connectivity index (χ2n) is 7.95. The molecule has 31 heavy (non-hydrogen) atoms. The van der Waals surface area contributed by atoms with E-state index in [0.29, 0.717) is 44.6 Å². The third-order valence-corrected chi connectivity index (χ3v) is 5.94. The molecule has 0 bridgehead atoms. The summed E-state index contributed by atoms with van der Waals surface area (Å²) < 4.78 is 5.02. The molecule has 0 saturated carbocycles. The van der Waals surface area contributed by atoms with Crippen molar-refractivity contribution in [1.29, 1.82) is 0 Å². The lowest BCUT2D eigenvalue weighted by Crippen LogP contribution is -2.46. The molecule has 1 N–H and O–H groups in total. The highest BCUT2D eigenvalue weighted by molar-refractivity contribution is 5.93. The number of hydrogen-bond donors (Lipinski definition) is 1. The Kier molecular flexibility index (Phi) is 5.92. The Bertz CT molecular complexity index is 1150. The van der Waals surface area contributed by atoms with Crippen LogP contribution < -0.4 is 11.0 Å². The first-order chi connectivity index (χ1) is 15.0. The molecule has 9 heteroatoms. The lowest BCUT2D eigenvalue weighted by molar-refractivity contribution is -0.132. The minimum Gasteiger partial charge on any atom is -0.349 e. The number of piperidine rings is 1. The van der Waals surface area contributed by atoms with Gasteiger partial charge in [-0.3, -0.25) is 23.4 Å². The van der Waals surface area contributed by atoms with Gasteiger partial charge in [0.25, 0.3) is 5.91 Å². The largest absolute Gasteiger partial charge is 0.349 e. The summed E-state index contributed by atoms with van der Waals surface area (Å²) in [5.41, 5.74) is 2.22. The second kappa shape index (κ2) is 8.79. The Balaban J connectivity index is 1.32. The van der Waals surface area contributed by atoms with Gasteiger partial charge in [-0.2, -0.15) is 5.10 Å². The van der Waals surface area contributed by atoms with E-state index in [1.165, 1.54) is 0 Å². The normalized spacial score (nSPS) is 14.8. The Morgan fingerprint density at radius 2 is 1.81 bits per heavy atom. The molecule has 1 fully saturated rings. The van der Waals surface area contributed by atoms with Gasteiger partial charge in [-0.1, -0.05) is 12.1 Å². The number of carbonyl (C=O) groups is 2. The van der Waals surface area contributed by atoms with E-state index in [-0.39, 0.29) is 30.0 Å². The molecule has 1 aromatic carbocycles. The molecule has 3 heterocycles. The molecule has 1 saturated heterocycles. The maximum absolute atomic E-state index is 12.8. The van der Waals surface area contributed by atoms with Gasteiger partial charge in [-0.25, -0.2) is 4.79 Å². The molecule has 3 aromatic rings. The van der Waals surface area contributed by atoms with Crippen molar-refractivity contribution in [2.24, 2.45) is 7.05 Å². The number of aryl methyl sites for hydroxylation is 3. The monoisotopic (exact) mass is 424 g/mol. The van der Waals surface area contributed by atoms with E-state index in [4.69, 9.17) is 0 Å². The maximum Gasteiger partial charge on any atom is 0.329 e. The third-order valence-electron chi connectivity index (χ3n) is 5.94. The molecular weight excluding hydrogens is 396 g/mol. The van der Waals surface area contributed by atoms with Crippen molar-refractivity contribution in [3.05, 3.63) is 52.7 Å². The van der Waals surface area contributed by atoms with Gasteiger partial charge < -0.3 is 10.2 Å². The Morgan fingerprint density at radius 3 is 2.42 bits per heavy atom. The van der Waals surface area contributed by atoms with Gasteiger partial charge in [0, 0.05) is 51.9 Å². The average Bonchev–Trinajstić information content (AvgIpc) is 3.33. The summed E-state index contributed by atoms with van der Waals surface area (Å²) in [6.07, 6.45) is 4.95. The first kappa shape index (κ1) is 20.9. The highest BCUT2D eigenvalue weighted by atomic mass is 16.2. The highest BCUT2D eigenvalue weighted by Crippen LogP contribution is 2.15. The van der Waals surface area contributed by atoms with Crippen molar-refractivity contribution in [2.75, 3.05) is 13.1 Å². The van der Waals surface area contributed by atoms with Crippen LogP contribution in [0.15, 0.2) is 41.5 Å². The number of fused-ring (bicyclic) bond motifs is 1. The molecule has 0 aliphatic carbocycles. The fourth-order valence-corrected chi connectivity index (χ4v) is 4.24. The zero-order chi connectivity index (χ0) is 22.0. The van der Waals surface area contributed by atoms with E-state index >= 15 is 0 Å². The van der Waals surface area contributed by atoms with Crippen LogP contribution in [0.25, 0.3) is 11.0 Å². The maximum atomic E-state index is 12.8. The predicted molar refractivity (Wildman–Crippen MR) is 117 cm³/mol. The fourth-order valence-electron chi connectivity index (χ4n) is 4.24. The number of amides is 2. The lowest BCUT2D eigenvalue weighted by atomic mass is 10.0. The number of hydrogen-bond acceptors (Lipinski definition) is 4. The fraction of sp³-hybridized carbons (Fsp3) is 0.455. The van der Waals surface area contributed by atoms with Crippen LogP contribution in [0.3, 0.4) is 0 Å². The van der Waals surface area contributed by atoms with Crippen molar-refractivity contribution >= 4 is 22.8 Å². The van der Waals surface area contributed by atoms with Crippen LogP contribution in [0.2, 0.25) is 0 Å². The predicted octanol–water partition coefficient (Wildman–Crippen LogP) is 1.37. The van der Waals surface area contributed by atoms with E-state index in [1.807, 2.05) is 36.1 Å². The minimum absolute atomic E-state index is 0.0391. The first-order valence-electron chi connectivity index (χ1n) is 10.7. The molecule has 164 valence electrons. The molecule has 0 radical (unpaired) electrons. The Hall–Kier alpha value is -3.36. The topological polar surface area (TPSA) is 94.2 Å². The van der Waals surface area contributed by atoms with Crippen LogP contribution in [0.1, 0.15) is 36.5 Å². The van der Waals surface area contributed by atoms with Crippen molar-refractivity contribution in [3.8, 4) is 0 Å². The molecule has 2 aromatic heterocycles. The van der Waals surface area contributed by atoms with Crippen LogP contribution in [0.5, 0.6) is 0 Å². The molecule has 2 amide bonds. The molecule has 0 spiro atoms. The van der Waals surface area contributed by atoms with Crippen LogP contribution >= 0.6 is 0 Å². The minimum atomic E-state index is -0.135. The highest BCUT2D eigenvalue weighted by Gasteiger charge is 2.24. The number of benzene rings is 1. The lowest BCUT2D eigenvalue weighted by Gasteiger charge is -2.32. The van der Waals surface area contributed by atoms with Crippen molar-refractivity contribution in [2.45, 2.75) is 45.3 Å². The Morgan fingerprint density at radius 1 is 1.13 bits per heavy atom. The molecule has 0 atom stereocenters. The number of rotatable bonds is 6. The van der Waals surface area contributed by atoms with Gasteiger partial charge in [-0.15, -0.1) is 0 Å². The zero-order valence-electron chi connectivity index (χ0n) is 18.0. The zero-order valence-corrected chi connectivity index (χ0v) is 18.0. The van der Waals surface area contributed by atoms with E-state index in [2.05, 4.69) is 10.4 Å². The summed E-state index contributed by atoms with van der Waals surface area (Å²) in [5, 5.41) is 7.04. The molecule has 0 unspecified atom stereocenters. The van der Waals surface area contributed by atoms with E-state index in [1.54, 1.807) is 33.3 Å². The summed E-state index contributed by atoms with van der Waals surface area (Å²) >= 11 is 0. The molecule has 4 rings (SSSR count). The van der Waals surface area contributed by atoms with Gasteiger partial charge in [-0.05, 0) is 31.9 Å². The van der Waals surface area contributed by atoms with Crippen LogP contribution in [-0.2, 0) is 24.9 Å². The van der Waals surface area contributed by atoms with Crippen LogP contribution in [0.4, 0.5) is 0 Å². The van der Waals surface area contributed by atoms with Crippen LogP contribution in [-0.4, -0.2) is 54.8 Å². The number of imidazole rings is 1. The van der Waals surface area contributed by atoms with Gasteiger partial charge in [0.15, 0.2) is 0 Å². The van der Waals surface area contributed by atoms with E-state index in [9.17, 15) is 14.4 Å². The van der Waals surface area contributed by atoms with Gasteiger partial charge in [0.1, 0.15) is 0 Å². The standard InChI is InChI=1S/C22H28N6O3/c1-3-27-18-6-4-5-7-19(18)28(22(27)31)13-10-20(29)26-11-8-17(9-12-26)24-21(30)16-14-23-25(2)15-16/h4-7,14-15,17H,3,8-13H2,1-2H3,(H,24,30). The number of likely N-dealkylation sites (tertiary alicyclic amines) is 1. The summed E-state index contributed by atoms with van der Waals surface area (Å²) in [4.78, 5) is 39.6. The van der Waals surface area contributed by atoms with Gasteiger partial charge >= 0.3 is 5.69 Å². The number of aromatic nitrogens is 4. The van der Waals surface area contributed by atoms with E-state index in [0.717, 1.165) is 11.0 Å². The van der Waals surface area contributed by atoms with Crippen molar-refractivity contribution in [3.63, 3.8) is 0 Å². The number of para-hydroxylation sites is 2. The van der Waals surface area contributed by atoms with Crippen molar-refractivity contribution in [1.82, 2.24) is 29.1 Å². The third kappa shape index (κ3) is 4.26. The second-order valence-corrected chi connectivity index (χ2v) is 7.95. The quantitative estimate of drug-likeness (QED) is 0.647. The summed E-state index contributed by atoms with van der Waals surface area (Å²) in [5.74, 6) is -0.0955. The summed E-state index contributed by atoms with van der Waals surface area (Å²) in [7, 11) is 1.77. The van der Waals surface area contributed by atoms with E-state index < -0.39 is 0 Å². The molecular formula is C22H28N6O3. The molecule has 1 aliphatic rings. The Labute approximate surface area is 180 Å². The van der Waals surface area contributed by atoms with Gasteiger partial charge in [0.05, 0.1) is 22.8 Å². The summed E-state index contributed by atoms with van der Waals surface area (Å²) in [6, 6.07) is 7.72. The smallest absolute Gasteiger partial charge is 0.329 e. The number of carbonyl (C=O) groups excluding carboxylic acids is 2. The first-order valence-corrected chi connectivity index (χ1v) is 10.7. The van der Waals surface area contributed by atoms with Crippen LogP contribution in [0, 0.1) is 0 Å².